The largest absolute Gasteiger partial charge is 0.495 e. The average Bonchev–Trinajstić information content (AvgIpc) is 3.55. The molecule has 1 aliphatic carbocycles. The van der Waals surface area contributed by atoms with E-state index in [0.29, 0.717) is 6.54 Å². The number of hydrogen-bond donors (Lipinski definition) is 1. The molecule has 1 N–H and O–H groups in total. The number of ether oxygens (including phenoxy) is 1. The first kappa shape index (κ1) is 18.0. The number of rotatable bonds is 6. The Morgan fingerprint density at radius 1 is 1.19 bits per heavy atom. The number of amides is 1. The van der Waals surface area contributed by atoms with Gasteiger partial charge in [-0.2, -0.15) is 0 Å². The first-order chi connectivity index (χ1) is 13.2. The molecule has 2 aromatic rings. The average molecular weight is 365 g/mol. The Kier molecular flexibility index (Phi) is 5.39. The summed E-state index contributed by atoms with van der Waals surface area (Å²) < 4.78 is 5.42. The summed E-state index contributed by atoms with van der Waals surface area (Å²) >= 11 is 0. The topological polar surface area (TPSA) is 54.5 Å². The fourth-order valence-electron chi connectivity index (χ4n) is 3.88. The van der Waals surface area contributed by atoms with Crippen molar-refractivity contribution >= 4 is 11.6 Å². The number of carbonyl (C=O) groups excluding carboxylic acids is 1. The van der Waals surface area contributed by atoms with Gasteiger partial charge in [0, 0.05) is 18.4 Å². The summed E-state index contributed by atoms with van der Waals surface area (Å²) in [6.45, 7) is 1.53. The van der Waals surface area contributed by atoms with E-state index in [0.717, 1.165) is 48.9 Å². The second-order valence-electron chi connectivity index (χ2n) is 7.52. The summed E-state index contributed by atoms with van der Waals surface area (Å²) in [6.07, 6.45) is 7.42. The van der Waals surface area contributed by atoms with Crippen LogP contribution in [0.25, 0.3) is 0 Å². The number of methoxy groups -OCH3 is 1. The number of piperidine rings is 1. The third kappa shape index (κ3) is 4.30. The second kappa shape index (κ2) is 8.09. The molecule has 1 atom stereocenters. The van der Waals surface area contributed by atoms with E-state index in [-0.39, 0.29) is 11.9 Å². The molecule has 1 saturated carbocycles. The van der Waals surface area contributed by atoms with Gasteiger partial charge in [-0.15, -0.1) is 0 Å². The van der Waals surface area contributed by atoms with Crippen LogP contribution in [-0.2, 0) is 11.3 Å². The van der Waals surface area contributed by atoms with E-state index < -0.39 is 0 Å². The SMILES string of the molecule is COc1cccnc1CN1CCCC[C@@H]1C(=O)Nc1ccc(C2CC2)cc1. The van der Waals surface area contributed by atoms with E-state index in [4.69, 9.17) is 4.74 Å². The van der Waals surface area contributed by atoms with Crippen LogP contribution in [0.3, 0.4) is 0 Å². The molecular formula is C22H27N3O2. The molecule has 1 saturated heterocycles. The van der Waals surface area contributed by atoms with Crippen LogP contribution >= 0.6 is 0 Å². The van der Waals surface area contributed by atoms with E-state index in [1.807, 2.05) is 24.3 Å². The minimum absolute atomic E-state index is 0.0729. The normalized spacial score (nSPS) is 20.3. The van der Waals surface area contributed by atoms with Crippen LogP contribution in [0, 0.1) is 0 Å². The van der Waals surface area contributed by atoms with Gasteiger partial charge < -0.3 is 10.1 Å². The van der Waals surface area contributed by atoms with Crippen molar-refractivity contribution in [2.24, 2.45) is 0 Å². The van der Waals surface area contributed by atoms with Crippen LogP contribution in [0.1, 0.15) is 49.3 Å². The predicted octanol–water partition coefficient (Wildman–Crippen LogP) is 3.96. The summed E-state index contributed by atoms with van der Waals surface area (Å²) in [5.41, 5.74) is 3.15. The van der Waals surface area contributed by atoms with E-state index >= 15 is 0 Å². The monoisotopic (exact) mass is 365 g/mol. The van der Waals surface area contributed by atoms with Gasteiger partial charge in [0.05, 0.1) is 18.8 Å². The number of hydrogen-bond acceptors (Lipinski definition) is 4. The third-order valence-electron chi connectivity index (χ3n) is 5.56. The zero-order valence-electron chi connectivity index (χ0n) is 15.9. The fourth-order valence-corrected chi connectivity index (χ4v) is 3.88. The van der Waals surface area contributed by atoms with Gasteiger partial charge >= 0.3 is 0 Å². The highest BCUT2D eigenvalue weighted by Crippen LogP contribution is 2.40. The fraction of sp³-hybridized carbons (Fsp3) is 0.455. The van der Waals surface area contributed by atoms with Crippen LogP contribution in [0.5, 0.6) is 5.75 Å². The van der Waals surface area contributed by atoms with E-state index in [9.17, 15) is 4.79 Å². The molecule has 1 aliphatic heterocycles. The van der Waals surface area contributed by atoms with Gasteiger partial charge in [-0.25, -0.2) is 0 Å². The Morgan fingerprint density at radius 3 is 2.74 bits per heavy atom. The van der Waals surface area contributed by atoms with Gasteiger partial charge in [-0.3, -0.25) is 14.7 Å². The lowest BCUT2D eigenvalue weighted by Crippen LogP contribution is -2.46. The van der Waals surface area contributed by atoms with Crippen LogP contribution < -0.4 is 10.1 Å². The zero-order valence-corrected chi connectivity index (χ0v) is 15.9. The van der Waals surface area contributed by atoms with Gasteiger partial charge in [0.1, 0.15) is 5.75 Å². The molecule has 0 bridgehead atoms. The summed E-state index contributed by atoms with van der Waals surface area (Å²) in [7, 11) is 1.66. The summed E-state index contributed by atoms with van der Waals surface area (Å²) in [4.78, 5) is 19.6. The van der Waals surface area contributed by atoms with Crippen molar-refractivity contribution in [2.75, 3.05) is 19.0 Å². The minimum atomic E-state index is -0.131. The van der Waals surface area contributed by atoms with Crippen molar-refractivity contribution in [3.05, 3.63) is 53.9 Å². The molecule has 2 aliphatic rings. The lowest BCUT2D eigenvalue weighted by atomic mass is 10.0. The maximum absolute atomic E-state index is 12.9. The third-order valence-corrected chi connectivity index (χ3v) is 5.56. The number of likely N-dealkylation sites (tertiary alicyclic amines) is 1. The van der Waals surface area contributed by atoms with Crippen molar-refractivity contribution in [2.45, 2.75) is 50.6 Å². The van der Waals surface area contributed by atoms with Crippen molar-refractivity contribution in [3.8, 4) is 5.75 Å². The van der Waals surface area contributed by atoms with Crippen molar-refractivity contribution in [1.29, 1.82) is 0 Å². The molecule has 4 rings (SSSR count). The van der Waals surface area contributed by atoms with Crippen LogP contribution in [0.15, 0.2) is 42.6 Å². The first-order valence-electron chi connectivity index (χ1n) is 9.87. The number of nitrogens with zero attached hydrogens (tertiary/aromatic N) is 2. The smallest absolute Gasteiger partial charge is 0.241 e. The quantitative estimate of drug-likeness (QED) is 0.842. The highest BCUT2D eigenvalue weighted by atomic mass is 16.5. The van der Waals surface area contributed by atoms with Crippen molar-refractivity contribution < 1.29 is 9.53 Å². The first-order valence-corrected chi connectivity index (χ1v) is 9.87. The highest BCUT2D eigenvalue weighted by molar-refractivity contribution is 5.94. The number of carbonyl (C=O) groups is 1. The zero-order chi connectivity index (χ0) is 18.6. The Hall–Kier alpha value is -2.40. The number of nitrogens with one attached hydrogen (secondary N) is 1. The molecule has 5 nitrogen and oxygen atoms in total. The second-order valence-corrected chi connectivity index (χ2v) is 7.52. The molecule has 27 heavy (non-hydrogen) atoms. The molecular weight excluding hydrogens is 338 g/mol. The number of anilines is 1. The van der Waals surface area contributed by atoms with Crippen molar-refractivity contribution in [3.63, 3.8) is 0 Å². The number of aromatic nitrogens is 1. The summed E-state index contributed by atoms with van der Waals surface area (Å²) in [5.74, 6) is 1.58. The Labute approximate surface area is 160 Å². The molecule has 0 unspecified atom stereocenters. The summed E-state index contributed by atoms with van der Waals surface area (Å²) in [5, 5.41) is 3.11. The van der Waals surface area contributed by atoms with Crippen LogP contribution in [0.4, 0.5) is 5.69 Å². The Morgan fingerprint density at radius 2 is 2.00 bits per heavy atom. The molecule has 2 heterocycles. The van der Waals surface area contributed by atoms with Gasteiger partial charge in [0.2, 0.25) is 5.91 Å². The Balaban J connectivity index is 1.43. The van der Waals surface area contributed by atoms with Gasteiger partial charge in [-0.1, -0.05) is 18.6 Å². The van der Waals surface area contributed by atoms with Crippen molar-refractivity contribution in [1.82, 2.24) is 9.88 Å². The molecule has 0 radical (unpaired) electrons. The van der Waals surface area contributed by atoms with Crippen LogP contribution in [-0.4, -0.2) is 35.5 Å². The summed E-state index contributed by atoms with van der Waals surface area (Å²) in [6, 6.07) is 12.0. The van der Waals surface area contributed by atoms with Gasteiger partial charge in [-0.05, 0) is 68.0 Å². The van der Waals surface area contributed by atoms with E-state index in [2.05, 4.69) is 27.3 Å². The molecule has 1 amide bonds. The maximum Gasteiger partial charge on any atom is 0.241 e. The van der Waals surface area contributed by atoms with E-state index in [1.54, 1.807) is 13.3 Å². The molecule has 5 heteroatoms. The number of benzene rings is 1. The van der Waals surface area contributed by atoms with E-state index in [1.165, 1.54) is 18.4 Å². The predicted molar refractivity (Wildman–Crippen MR) is 106 cm³/mol. The minimum Gasteiger partial charge on any atom is -0.495 e. The standard InChI is InChI=1S/C22H27N3O2/c1-27-21-6-4-13-23-19(21)15-25-14-3-2-5-20(25)22(26)24-18-11-9-17(10-12-18)16-7-8-16/h4,6,9-13,16,20H,2-3,5,7-8,14-15H2,1H3,(H,24,26)/t20-/m1/s1. The molecule has 1 aromatic carbocycles. The molecule has 0 spiro atoms. The van der Waals surface area contributed by atoms with Crippen LogP contribution in [0.2, 0.25) is 0 Å². The lowest BCUT2D eigenvalue weighted by Gasteiger charge is -2.34. The van der Waals surface area contributed by atoms with Gasteiger partial charge in [0.25, 0.3) is 0 Å². The molecule has 2 fully saturated rings. The highest BCUT2D eigenvalue weighted by Gasteiger charge is 2.30. The maximum atomic E-state index is 12.9. The lowest BCUT2D eigenvalue weighted by molar-refractivity contribution is -0.122. The number of pyridine rings is 1. The molecule has 142 valence electrons. The Bertz CT molecular complexity index is 786. The van der Waals surface area contributed by atoms with Gasteiger partial charge in [0.15, 0.2) is 0 Å². The molecule has 1 aromatic heterocycles.